The lowest BCUT2D eigenvalue weighted by Crippen LogP contribution is -2.06. The lowest BCUT2D eigenvalue weighted by Gasteiger charge is -2.02. The number of hydrogen-bond donors (Lipinski definition) is 1. The van der Waals surface area contributed by atoms with Gasteiger partial charge in [-0.05, 0) is 18.1 Å². The van der Waals surface area contributed by atoms with E-state index in [2.05, 4.69) is 11.1 Å². The summed E-state index contributed by atoms with van der Waals surface area (Å²) in [6.07, 6.45) is 1.97. The van der Waals surface area contributed by atoms with E-state index in [4.69, 9.17) is 5.11 Å². The highest BCUT2D eigenvalue weighted by Gasteiger charge is 2.17. The minimum Gasteiger partial charge on any atom is -0.396 e. The van der Waals surface area contributed by atoms with Gasteiger partial charge in [-0.25, -0.2) is 9.38 Å². The van der Waals surface area contributed by atoms with E-state index >= 15 is 0 Å². The molecule has 0 aliphatic heterocycles. The molecule has 1 aromatic heterocycles. The van der Waals surface area contributed by atoms with Gasteiger partial charge in [0.25, 0.3) is 0 Å². The Morgan fingerprint density at radius 3 is 2.85 bits per heavy atom. The van der Waals surface area contributed by atoms with Crippen LogP contribution in [0.4, 0.5) is 9.39 Å². The van der Waals surface area contributed by atoms with E-state index in [9.17, 15) is 9.65 Å². The summed E-state index contributed by atoms with van der Waals surface area (Å²) in [6.45, 7) is -0.0439. The van der Waals surface area contributed by atoms with E-state index in [1.165, 1.54) is 6.07 Å². The molecule has 0 saturated heterocycles. The molecule has 0 spiro atoms. The molecule has 20 heavy (non-hydrogen) atoms. The van der Waals surface area contributed by atoms with Gasteiger partial charge in [-0.3, -0.25) is 0 Å². The van der Waals surface area contributed by atoms with E-state index in [0.29, 0.717) is 27.1 Å². The monoisotopic (exact) mass is 291 g/mol. The van der Waals surface area contributed by atoms with Crippen LogP contribution in [0.1, 0.15) is 11.1 Å². The van der Waals surface area contributed by atoms with Gasteiger partial charge >= 0.3 is 0 Å². The number of benzene rings is 1. The van der Waals surface area contributed by atoms with Crippen LogP contribution in [-0.4, -0.2) is 37.0 Å². The predicted molar refractivity (Wildman–Crippen MR) is 79.1 cm³/mol. The zero-order chi connectivity index (χ0) is 14.7. The van der Waals surface area contributed by atoms with Crippen molar-refractivity contribution in [2.24, 2.45) is 4.99 Å². The van der Waals surface area contributed by atoms with Gasteiger partial charge < -0.3 is 10.0 Å². The molecular weight excluding hydrogens is 277 g/mol. The van der Waals surface area contributed by atoms with Crippen molar-refractivity contribution in [3.63, 3.8) is 0 Å². The van der Waals surface area contributed by atoms with Gasteiger partial charge in [0.15, 0.2) is 0 Å². The van der Waals surface area contributed by atoms with Gasteiger partial charge in [0.1, 0.15) is 16.9 Å². The van der Waals surface area contributed by atoms with Crippen molar-refractivity contribution in [1.82, 2.24) is 4.90 Å². The summed E-state index contributed by atoms with van der Waals surface area (Å²) in [5.74, 6) is -0.366. The first-order valence-corrected chi connectivity index (χ1v) is 6.85. The quantitative estimate of drug-likeness (QED) is 0.696. The Hall–Kier alpha value is -1.97. The number of nitriles is 1. The SMILES string of the molecule is CN(C)/C=N/c1sc2c(F)ccc(CCO)c2c1C#N. The van der Waals surface area contributed by atoms with E-state index < -0.39 is 0 Å². The highest BCUT2D eigenvalue weighted by atomic mass is 32.1. The molecule has 1 heterocycles. The number of aliphatic hydroxyl groups is 1. The Bertz CT molecular complexity index is 700. The highest BCUT2D eigenvalue weighted by Crippen LogP contribution is 2.40. The summed E-state index contributed by atoms with van der Waals surface area (Å²) in [5.41, 5.74) is 1.13. The van der Waals surface area contributed by atoms with Crippen LogP contribution < -0.4 is 0 Å². The van der Waals surface area contributed by atoms with Crippen LogP contribution in [0.5, 0.6) is 0 Å². The first-order chi connectivity index (χ1) is 9.58. The van der Waals surface area contributed by atoms with Crippen LogP contribution in [0.3, 0.4) is 0 Å². The summed E-state index contributed by atoms with van der Waals surface area (Å²) in [7, 11) is 3.64. The fourth-order valence-electron chi connectivity index (χ4n) is 1.92. The molecule has 1 N–H and O–H groups in total. The van der Waals surface area contributed by atoms with Crippen LogP contribution in [0.25, 0.3) is 10.1 Å². The fourth-order valence-corrected chi connectivity index (χ4v) is 2.96. The van der Waals surface area contributed by atoms with Gasteiger partial charge in [-0.15, -0.1) is 11.3 Å². The molecule has 0 aliphatic carbocycles. The summed E-state index contributed by atoms with van der Waals surface area (Å²) in [4.78, 5) is 5.97. The molecular formula is C14H14FN3OS. The average molecular weight is 291 g/mol. The van der Waals surface area contributed by atoms with Crippen molar-refractivity contribution >= 4 is 32.8 Å². The maximum atomic E-state index is 13.9. The molecule has 4 nitrogen and oxygen atoms in total. The topological polar surface area (TPSA) is 59.6 Å². The Labute approximate surface area is 120 Å². The van der Waals surface area contributed by atoms with E-state index in [1.54, 1.807) is 17.3 Å². The van der Waals surface area contributed by atoms with Crippen molar-refractivity contribution in [3.05, 3.63) is 29.1 Å². The summed E-state index contributed by atoms with van der Waals surface area (Å²) in [6, 6.07) is 5.08. The average Bonchev–Trinajstić information content (AvgIpc) is 2.79. The molecule has 1 aromatic carbocycles. The summed E-state index contributed by atoms with van der Waals surface area (Å²) >= 11 is 1.15. The molecule has 0 aliphatic rings. The zero-order valence-electron chi connectivity index (χ0n) is 11.2. The van der Waals surface area contributed by atoms with Crippen LogP contribution in [-0.2, 0) is 6.42 Å². The molecule has 0 saturated carbocycles. The van der Waals surface area contributed by atoms with Crippen LogP contribution >= 0.6 is 11.3 Å². The van der Waals surface area contributed by atoms with E-state index in [1.807, 2.05) is 14.1 Å². The van der Waals surface area contributed by atoms with Gasteiger partial charge in [-0.1, -0.05) is 6.07 Å². The Balaban J connectivity index is 2.71. The largest absolute Gasteiger partial charge is 0.396 e. The number of nitrogens with zero attached hydrogens (tertiary/aromatic N) is 3. The lowest BCUT2D eigenvalue weighted by molar-refractivity contribution is 0.300. The first-order valence-electron chi connectivity index (χ1n) is 6.04. The third-order valence-electron chi connectivity index (χ3n) is 2.76. The Morgan fingerprint density at radius 1 is 1.50 bits per heavy atom. The minimum atomic E-state index is -0.366. The van der Waals surface area contributed by atoms with Crippen molar-refractivity contribution in [2.45, 2.75) is 6.42 Å². The Morgan fingerprint density at radius 2 is 2.25 bits per heavy atom. The highest BCUT2D eigenvalue weighted by molar-refractivity contribution is 7.23. The van der Waals surface area contributed by atoms with E-state index in [0.717, 1.165) is 16.9 Å². The van der Waals surface area contributed by atoms with Crippen molar-refractivity contribution in [3.8, 4) is 6.07 Å². The molecule has 0 unspecified atom stereocenters. The second-order valence-corrected chi connectivity index (χ2v) is 5.49. The molecule has 6 heteroatoms. The van der Waals surface area contributed by atoms with Crippen molar-refractivity contribution < 1.29 is 9.50 Å². The summed E-state index contributed by atoms with van der Waals surface area (Å²) < 4.78 is 14.3. The number of aliphatic hydroxyl groups excluding tert-OH is 1. The lowest BCUT2D eigenvalue weighted by atomic mass is 10.0. The standard InChI is InChI=1S/C14H14FN3OS/c1-18(2)8-17-14-10(7-16)12-9(5-6-19)3-4-11(15)13(12)20-14/h3-4,8,19H,5-6H2,1-2H3/b17-8+. The normalized spacial score (nSPS) is 11.2. The maximum Gasteiger partial charge on any atom is 0.141 e. The third-order valence-corrected chi connectivity index (χ3v) is 3.86. The fraction of sp³-hybridized carbons (Fsp3) is 0.286. The molecule has 0 bridgehead atoms. The predicted octanol–water partition coefficient (Wildman–Crippen LogP) is 2.67. The number of thiophene rings is 1. The smallest absolute Gasteiger partial charge is 0.141 e. The third kappa shape index (κ3) is 2.64. The number of aliphatic imine (C=N–C) groups is 1. The maximum absolute atomic E-state index is 13.9. The van der Waals surface area contributed by atoms with Crippen LogP contribution in [0, 0.1) is 17.1 Å². The number of rotatable bonds is 4. The molecule has 0 atom stereocenters. The van der Waals surface area contributed by atoms with Gasteiger partial charge in [0.2, 0.25) is 0 Å². The van der Waals surface area contributed by atoms with Crippen molar-refractivity contribution in [2.75, 3.05) is 20.7 Å². The number of hydrogen-bond acceptors (Lipinski definition) is 4. The van der Waals surface area contributed by atoms with Gasteiger partial charge in [-0.2, -0.15) is 5.26 Å². The number of halogens is 1. The zero-order valence-corrected chi connectivity index (χ0v) is 12.0. The van der Waals surface area contributed by atoms with Crippen LogP contribution in [0.2, 0.25) is 0 Å². The Kier molecular flexibility index (Phi) is 4.32. The minimum absolute atomic E-state index is 0.0439. The van der Waals surface area contributed by atoms with Crippen molar-refractivity contribution in [1.29, 1.82) is 5.26 Å². The molecule has 2 rings (SSSR count). The molecule has 0 radical (unpaired) electrons. The molecule has 2 aromatic rings. The number of fused-ring (bicyclic) bond motifs is 1. The molecule has 0 fully saturated rings. The van der Waals surface area contributed by atoms with Gasteiger partial charge in [0.05, 0.1) is 16.6 Å². The molecule has 0 amide bonds. The van der Waals surface area contributed by atoms with Gasteiger partial charge in [0, 0.05) is 26.1 Å². The van der Waals surface area contributed by atoms with Crippen LogP contribution in [0.15, 0.2) is 17.1 Å². The molecule has 104 valence electrons. The van der Waals surface area contributed by atoms with E-state index in [-0.39, 0.29) is 12.4 Å². The second kappa shape index (κ2) is 5.99. The second-order valence-electron chi connectivity index (χ2n) is 4.49. The summed E-state index contributed by atoms with van der Waals surface area (Å²) in [5, 5.41) is 19.5. The first kappa shape index (κ1) is 14.4.